The van der Waals surface area contributed by atoms with Crippen molar-refractivity contribution in [3.63, 3.8) is 0 Å². The molecule has 1 aliphatic rings. The van der Waals surface area contributed by atoms with E-state index in [2.05, 4.69) is 10.4 Å². The standard InChI is InChI=1S/C5H5.C4H8N2O2.Co/c1-2-4-5-3-1;1-3(5-7)4(2)6-8;/h1-5H;3-4H,1-2H3;/t;3-,4+;. The third-order valence-electron chi connectivity index (χ3n) is 1.59. The first-order chi connectivity index (χ1) is 6.22. The molecule has 0 bridgehead atoms. The zero-order valence-electron chi connectivity index (χ0n) is 8.09. The first-order valence-electron chi connectivity index (χ1n) is 4.04. The summed E-state index contributed by atoms with van der Waals surface area (Å²) < 4.78 is 0. The van der Waals surface area contributed by atoms with Crippen molar-refractivity contribution in [3.05, 3.63) is 40.5 Å². The normalized spacial score (nSPS) is 15.9. The van der Waals surface area contributed by atoms with Gasteiger partial charge in [-0.1, -0.05) is 34.7 Å². The Bertz CT molecular complexity index is 195. The van der Waals surface area contributed by atoms with Gasteiger partial charge in [-0.15, -0.1) is 0 Å². The summed E-state index contributed by atoms with van der Waals surface area (Å²) in [7, 11) is 0. The van der Waals surface area contributed by atoms with Gasteiger partial charge in [-0.2, -0.15) is 9.81 Å². The fourth-order valence-corrected chi connectivity index (χ4v) is 0.497. The van der Waals surface area contributed by atoms with Gasteiger partial charge >= 0.3 is 0 Å². The van der Waals surface area contributed by atoms with Gasteiger partial charge in [0.2, 0.25) is 0 Å². The minimum Gasteiger partial charge on any atom is -0.150 e. The van der Waals surface area contributed by atoms with E-state index in [-0.39, 0.29) is 16.8 Å². The minimum absolute atomic E-state index is 0. The Hall–Kier alpha value is -0.814. The van der Waals surface area contributed by atoms with Gasteiger partial charge in [0.1, 0.15) is 12.1 Å². The van der Waals surface area contributed by atoms with Crippen LogP contribution >= 0.6 is 0 Å². The maximum Gasteiger partial charge on any atom is 0.115 e. The summed E-state index contributed by atoms with van der Waals surface area (Å²) in [6.45, 7) is 3.11. The van der Waals surface area contributed by atoms with Crippen LogP contribution in [0.1, 0.15) is 13.8 Å². The molecule has 1 aliphatic carbocycles. The summed E-state index contributed by atoms with van der Waals surface area (Å²) in [5.41, 5.74) is 0. The quantitative estimate of drug-likeness (QED) is 0.712. The molecule has 0 heterocycles. The maximum atomic E-state index is 9.66. The van der Waals surface area contributed by atoms with Gasteiger partial charge in [-0.3, -0.25) is 0 Å². The van der Waals surface area contributed by atoms with E-state index in [1.54, 1.807) is 13.8 Å². The van der Waals surface area contributed by atoms with Gasteiger partial charge in [0, 0.05) is 23.2 Å². The van der Waals surface area contributed by atoms with Gasteiger partial charge in [0.25, 0.3) is 0 Å². The molecular formula is C9H13CoN2O2. The van der Waals surface area contributed by atoms with Crippen LogP contribution < -0.4 is 0 Å². The van der Waals surface area contributed by atoms with Crippen LogP contribution in [0.25, 0.3) is 0 Å². The largest absolute Gasteiger partial charge is 0.150 e. The van der Waals surface area contributed by atoms with Crippen molar-refractivity contribution >= 4 is 0 Å². The molecule has 14 heavy (non-hydrogen) atoms. The van der Waals surface area contributed by atoms with E-state index in [0.717, 1.165) is 0 Å². The van der Waals surface area contributed by atoms with Crippen LogP contribution in [0.4, 0.5) is 0 Å². The Balaban J connectivity index is 0. The Morgan fingerprint density at radius 2 is 1.21 bits per heavy atom. The second kappa shape index (κ2) is 10.3. The summed E-state index contributed by atoms with van der Waals surface area (Å²) in [5, 5.41) is 5.23. The molecule has 2 radical (unpaired) electrons. The fourth-order valence-electron chi connectivity index (χ4n) is 0.497. The molecule has 5 heteroatoms. The SMILES string of the molecule is C[C@H](N=O)[C@@H](C)N=O.[CH]1C=CC=C1.[Co]. The van der Waals surface area contributed by atoms with Crippen LogP contribution in [-0.4, -0.2) is 12.1 Å². The summed E-state index contributed by atoms with van der Waals surface area (Å²) in [5.74, 6) is 0. The third-order valence-corrected chi connectivity index (χ3v) is 1.59. The molecule has 0 aromatic rings. The van der Waals surface area contributed by atoms with E-state index < -0.39 is 12.1 Å². The maximum absolute atomic E-state index is 9.66. The first-order valence-corrected chi connectivity index (χ1v) is 4.04. The van der Waals surface area contributed by atoms with E-state index in [1.807, 2.05) is 30.7 Å². The zero-order valence-corrected chi connectivity index (χ0v) is 9.13. The Morgan fingerprint density at radius 3 is 1.36 bits per heavy atom. The average molecular weight is 240 g/mol. The number of hydrogen-bond donors (Lipinski definition) is 0. The molecule has 0 unspecified atom stereocenters. The van der Waals surface area contributed by atoms with Crippen molar-refractivity contribution in [1.82, 2.24) is 0 Å². The van der Waals surface area contributed by atoms with Gasteiger partial charge in [0.15, 0.2) is 0 Å². The number of rotatable bonds is 3. The minimum atomic E-state index is -0.493. The van der Waals surface area contributed by atoms with E-state index >= 15 is 0 Å². The molecule has 80 valence electrons. The van der Waals surface area contributed by atoms with Crippen molar-refractivity contribution in [2.75, 3.05) is 0 Å². The smallest absolute Gasteiger partial charge is 0.115 e. The Kier molecular flexibility index (Phi) is 11.5. The van der Waals surface area contributed by atoms with Crippen molar-refractivity contribution in [2.45, 2.75) is 25.9 Å². The molecule has 0 fully saturated rings. The van der Waals surface area contributed by atoms with Crippen molar-refractivity contribution in [1.29, 1.82) is 0 Å². The molecule has 0 saturated heterocycles. The summed E-state index contributed by atoms with van der Waals surface area (Å²) in [6.07, 6.45) is 10.0. The van der Waals surface area contributed by atoms with Crippen LogP contribution in [0.3, 0.4) is 0 Å². The molecule has 0 aromatic heterocycles. The molecular weight excluding hydrogens is 227 g/mol. The monoisotopic (exact) mass is 240 g/mol. The van der Waals surface area contributed by atoms with Crippen LogP contribution in [0.15, 0.2) is 34.7 Å². The molecule has 0 N–H and O–H groups in total. The molecule has 0 saturated carbocycles. The number of nitrogens with zero attached hydrogens (tertiary/aromatic N) is 2. The zero-order chi connectivity index (χ0) is 10.1. The van der Waals surface area contributed by atoms with Crippen molar-refractivity contribution < 1.29 is 16.8 Å². The summed E-state index contributed by atoms with van der Waals surface area (Å²) >= 11 is 0. The van der Waals surface area contributed by atoms with E-state index in [4.69, 9.17) is 0 Å². The number of hydrogen-bond acceptors (Lipinski definition) is 4. The van der Waals surface area contributed by atoms with Crippen LogP contribution in [0.5, 0.6) is 0 Å². The summed E-state index contributed by atoms with van der Waals surface area (Å²) in [4.78, 5) is 19.3. The van der Waals surface area contributed by atoms with Gasteiger partial charge < -0.3 is 0 Å². The van der Waals surface area contributed by atoms with Crippen LogP contribution in [0.2, 0.25) is 0 Å². The fraction of sp³-hybridized carbons (Fsp3) is 0.444. The van der Waals surface area contributed by atoms with E-state index in [1.165, 1.54) is 0 Å². The van der Waals surface area contributed by atoms with E-state index in [0.29, 0.717) is 0 Å². The second-order valence-electron chi connectivity index (χ2n) is 2.65. The molecule has 0 spiro atoms. The van der Waals surface area contributed by atoms with Crippen LogP contribution in [0, 0.1) is 16.2 Å². The van der Waals surface area contributed by atoms with Gasteiger partial charge in [0.05, 0.1) is 0 Å². The Labute approximate surface area is 94.0 Å². The average Bonchev–Trinajstić information content (AvgIpc) is 2.73. The topological polar surface area (TPSA) is 58.9 Å². The predicted molar refractivity (Wildman–Crippen MR) is 53.1 cm³/mol. The van der Waals surface area contributed by atoms with E-state index in [9.17, 15) is 9.81 Å². The van der Waals surface area contributed by atoms with Gasteiger partial charge in [-0.05, 0) is 13.8 Å². The van der Waals surface area contributed by atoms with Gasteiger partial charge in [-0.25, -0.2) is 0 Å². The first kappa shape index (κ1) is 15.6. The molecule has 0 aromatic carbocycles. The Morgan fingerprint density at radius 1 is 0.857 bits per heavy atom. The van der Waals surface area contributed by atoms with Crippen molar-refractivity contribution in [3.8, 4) is 0 Å². The summed E-state index contributed by atoms with van der Waals surface area (Å²) in [6, 6.07) is -0.986. The third kappa shape index (κ3) is 7.82. The predicted octanol–water partition coefficient (Wildman–Crippen LogP) is 2.61. The number of allylic oxidation sites excluding steroid dienone is 4. The number of nitroso groups, excluding NO2 is 2. The molecule has 0 amide bonds. The van der Waals surface area contributed by atoms with Crippen LogP contribution in [-0.2, 0) is 16.8 Å². The van der Waals surface area contributed by atoms with Crippen molar-refractivity contribution in [2.24, 2.45) is 10.4 Å². The molecule has 1 rings (SSSR count). The molecule has 4 nitrogen and oxygen atoms in total. The molecule has 0 aliphatic heterocycles. The molecule has 2 atom stereocenters. The second-order valence-corrected chi connectivity index (χ2v) is 2.65.